The summed E-state index contributed by atoms with van der Waals surface area (Å²) < 4.78 is 0. The number of hydrogen-bond donors (Lipinski definition) is 1. The van der Waals surface area contributed by atoms with Crippen molar-refractivity contribution in [1.29, 1.82) is 0 Å². The van der Waals surface area contributed by atoms with E-state index >= 15 is 0 Å². The van der Waals surface area contributed by atoms with Gasteiger partial charge in [-0.3, -0.25) is 4.79 Å². The SMILES string of the molecule is CC(C(=O)O)N(C)C(=O)Cc1ccc(Cl)cc1. The van der Waals surface area contributed by atoms with E-state index in [2.05, 4.69) is 0 Å². The number of halogens is 1. The smallest absolute Gasteiger partial charge is 0.326 e. The van der Waals surface area contributed by atoms with E-state index in [-0.39, 0.29) is 12.3 Å². The highest BCUT2D eigenvalue weighted by atomic mass is 35.5. The van der Waals surface area contributed by atoms with Gasteiger partial charge in [-0.2, -0.15) is 0 Å². The number of carboxylic acids is 1. The predicted octanol–water partition coefficient (Wildman–Crippen LogP) is 1.81. The average Bonchev–Trinajstić information content (AvgIpc) is 2.30. The number of nitrogens with zero attached hydrogens (tertiary/aromatic N) is 1. The highest BCUT2D eigenvalue weighted by Gasteiger charge is 2.21. The van der Waals surface area contributed by atoms with Gasteiger partial charge in [0, 0.05) is 12.1 Å². The second-order valence-corrected chi connectivity index (χ2v) is 4.26. The van der Waals surface area contributed by atoms with Crippen LogP contribution in [0.2, 0.25) is 5.02 Å². The standard InChI is InChI=1S/C12H14ClNO3/c1-8(12(16)17)14(2)11(15)7-9-3-5-10(13)6-4-9/h3-6,8H,7H2,1-2H3,(H,16,17). The lowest BCUT2D eigenvalue weighted by Gasteiger charge is -2.21. The molecule has 1 rings (SSSR count). The van der Waals surface area contributed by atoms with Gasteiger partial charge in [0.2, 0.25) is 5.91 Å². The first kappa shape index (κ1) is 13.5. The maximum Gasteiger partial charge on any atom is 0.326 e. The summed E-state index contributed by atoms with van der Waals surface area (Å²) in [5, 5.41) is 9.40. The van der Waals surface area contributed by atoms with E-state index in [9.17, 15) is 9.59 Å². The molecule has 0 radical (unpaired) electrons. The Labute approximate surface area is 105 Å². The van der Waals surface area contributed by atoms with E-state index in [1.807, 2.05) is 0 Å². The Morgan fingerprint density at radius 1 is 1.35 bits per heavy atom. The van der Waals surface area contributed by atoms with Crippen LogP contribution in [-0.4, -0.2) is 35.0 Å². The third kappa shape index (κ3) is 3.75. The van der Waals surface area contributed by atoms with Gasteiger partial charge in [-0.15, -0.1) is 0 Å². The van der Waals surface area contributed by atoms with Gasteiger partial charge in [0.05, 0.1) is 6.42 Å². The Morgan fingerprint density at radius 2 is 1.88 bits per heavy atom. The van der Waals surface area contributed by atoms with Crippen molar-refractivity contribution in [2.75, 3.05) is 7.05 Å². The minimum Gasteiger partial charge on any atom is -0.480 e. The molecule has 1 unspecified atom stereocenters. The molecular weight excluding hydrogens is 242 g/mol. The van der Waals surface area contributed by atoms with Crippen LogP contribution in [0.15, 0.2) is 24.3 Å². The third-order valence-electron chi connectivity index (χ3n) is 2.60. The molecule has 0 aliphatic rings. The Hall–Kier alpha value is -1.55. The Morgan fingerprint density at radius 3 is 2.35 bits per heavy atom. The molecule has 92 valence electrons. The number of amides is 1. The van der Waals surface area contributed by atoms with E-state index in [1.54, 1.807) is 24.3 Å². The molecule has 0 aliphatic carbocycles. The first-order valence-corrected chi connectivity index (χ1v) is 5.52. The number of hydrogen-bond acceptors (Lipinski definition) is 2. The zero-order valence-corrected chi connectivity index (χ0v) is 10.4. The van der Waals surface area contributed by atoms with Gasteiger partial charge in [0.1, 0.15) is 6.04 Å². The van der Waals surface area contributed by atoms with Crippen molar-refractivity contribution >= 4 is 23.5 Å². The lowest BCUT2D eigenvalue weighted by Crippen LogP contribution is -2.40. The second kappa shape index (κ2) is 5.68. The molecular formula is C12H14ClNO3. The van der Waals surface area contributed by atoms with Crippen molar-refractivity contribution in [3.05, 3.63) is 34.9 Å². The molecule has 1 aromatic carbocycles. The monoisotopic (exact) mass is 255 g/mol. The van der Waals surface area contributed by atoms with Gasteiger partial charge < -0.3 is 10.0 Å². The summed E-state index contributed by atoms with van der Waals surface area (Å²) in [6, 6.07) is 6.07. The molecule has 1 aromatic rings. The molecule has 0 spiro atoms. The second-order valence-electron chi connectivity index (χ2n) is 3.82. The molecule has 0 bridgehead atoms. The fourth-order valence-corrected chi connectivity index (χ4v) is 1.41. The molecule has 4 nitrogen and oxygen atoms in total. The molecule has 0 heterocycles. The van der Waals surface area contributed by atoms with Gasteiger partial charge in [-0.05, 0) is 24.6 Å². The Bertz CT molecular complexity index is 416. The first-order valence-electron chi connectivity index (χ1n) is 5.14. The molecule has 0 fully saturated rings. The topological polar surface area (TPSA) is 57.6 Å². The zero-order valence-electron chi connectivity index (χ0n) is 9.68. The van der Waals surface area contributed by atoms with Gasteiger partial charge in [-0.1, -0.05) is 23.7 Å². The van der Waals surface area contributed by atoms with E-state index < -0.39 is 12.0 Å². The van der Waals surface area contributed by atoms with Crippen molar-refractivity contribution < 1.29 is 14.7 Å². The van der Waals surface area contributed by atoms with Crippen molar-refractivity contribution in [1.82, 2.24) is 4.90 Å². The predicted molar refractivity (Wildman–Crippen MR) is 65.0 cm³/mol. The largest absolute Gasteiger partial charge is 0.480 e. The summed E-state index contributed by atoms with van der Waals surface area (Å²) in [5.74, 6) is -1.25. The molecule has 17 heavy (non-hydrogen) atoms. The minimum absolute atomic E-state index is 0.172. The van der Waals surface area contributed by atoms with Crippen LogP contribution >= 0.6 is 11.6 Å². The van der Waals surface area contributed by atoms with Gasteiger partial charge >= 0.3 is 5.97 Å². The first-order chi connectivity index (χ1) is 7.91. The van der Waals surface area contributed by atoms with Crippen LogP contribution in [0.4, 0.5) is 0 Å². The number of carboxylic acid groups (broad SMARTS) is 1. The van der Waals surface area contributed by atoms with Crippen LogP contribution in [0.5, 0.6) is 0 Å². The Balaban J connectivity index is 2.66. The summed E-state index contributed by atoms with van der Waals surface area (Å²) in [5.41, 5.74) is 0.809. The maximum absolute atomic E-state index is 11.8. The van der Waals surface area contributed by atoms with Gasteiger partial charge in [-0.25, -0.2) is 4.79 Å². The van der Waals surface area contributed by atoms with Crippen LogP contribution in [0, 0.1) is 0 Å². The van der Waals surface area contributed by atoms with Crippen LogP contribution in [0.3, 0.4) is 0 Å². The van der Waals surface area contributed by atoms with Crippen molar-refractivity contribution in [2.45, 2.75) is 19.4 Å². The fraction of sp³-hybridized carbons (Fsp3) is 0.333. The summed E-state index contributed by atoms with van der Waals surface area (Å²) >= 11 is 5.73. The lowest BCUT2D eigenvalue weighted by molar-refractivity contribution is -0.147. The molecule has 1 atom stereocenters. The van der Waals surface area contributed by atoms with Crippen LogP contribution < -0.4 is 0 Å². The molecule has 0 saturated heterocycles. The van der Waals surface area contributed by atoms with E-state index in [4.69, 9.17) is 16.7 Å². The summed E-state index contributed by atoms with van der Waals surface area (Å²) in [4.78, 5) is 23.7. The third-order valence-corrected chi connectivity index (χ3v) is 2.85. The molecule has 1 N–H and O–H groups in total. The molecule has 0 aliphatic heterocycles. The Kier molecular flexibility index (Phi) is 4.52. The minimum atomic E-state index is -1.02. The molecule has 5 heteroatoms. The normalized spacial score (nSPS) is 11.9. The molecule has 1 amide bonds. The maximum atomic E-state index is 11.8. The number of carbonyl (C=O) groups excluding carboxylic acids is 1. The number of likely N-dealkylation sites (N-methyl/N-ethyl adjacent to an activating group) is 1. The van der Waals surface area contributed by atoms with Crippen molar-refractivity contribution in [2.24, 2.45) is 0 Å². The van der Waals surface area contributed by atoms with Gasteiger partial charge in [0.15, 0.2) is 0 Å². The molecule has 0 aromatic heterocycles. The van der Waals surface area contributed by atoms with E-state index in [1.165, 1.54) is 18.9 Å². The fourth-order valence-electron chi connectivity index (χ4n) is 1.28. The van der Waals surface area contributed by atoms with Crippen LogP contribution in [0.25, 0.3) is 0 Å². The lowest BCUT2D eigenvalue weighted by atomic mass is 10.1. The van der Waals surface area contributed by atoms with Crippen LogP contribution in [0.1, 0.15) is 12.5 Å². The zero-order chi connectivity index (χ0) is 13.0. The number of benzene rings is 1. The van der Waals surface area contributed by atoms with E-state index in [0.717, 1.165) is 5.56 Å². The summed E-state index contributed by atoms with van der Waals surface area (Å²) in [7, 11) is 1.48. The van der Waals surface area contributed by atoms with Crippen molar-refractivity contribution in [3.8, 4) is 0 Å². The summed E-state index contributed by atoms with van der Waals surface area (Å²) in [6.07, 6.45) is 0.172. The average molecular weight is 256 g/mol. The number of rotatable bonds is 4. The highest BCUT2D eigenvalue weighted by molar-refractivity contribution is 6.30. The number of carbonyl (C=O) groups is 2. The highest BCUT2D eigenvalue weighted by Crippen LogP contribution is 2.11. The van der Waals surface area contributed by atoms with Crippen LogP contribution in [-0.2, 0) is 16.0 Å². The molecule has 0 saturated carbocycles. The number of aliphatic carboxylic acids is 1. The van der Waals surface area contributed by atoms with E-state index in [0.29, 0.717) is 5.02 Å². The summed E-state index contributed by atoms with van der Waals surface area (Å²) in [6.45, 7) is 1.47. The quantitative estimate of drug-likeness (QED) is 0.893. The van der Waals surface area contributed by atoms with Gasteiger partial charge in [0.25, 0.3) is 0 Å². The van der Waals surface area contributed by atoms with Crippen molar-refractivity contribution in [3.63, 3.8) is 0 Å².